The molecule has 0 bridgehead atoms. The maximum Gasteiger partial charge on any atom is 0.151 e. The molecule has 0 aliphatic heterocycles. The van der Waals surface area contributed by atoms with Gasteiger partial charge in [-0.25, -0.2) is 4.98 Å². The van der Waals surface area contributed by atoms with E-state index in [0.717, 1.165) is 5.69 Å². The van der Waals surface area contributed by atoms with E-state index in [0.29, 0.717) is 15.9 Å². The van der Waals surface area contributed by atoms with Crippen LogP contribution in [0.25, 0.3) is 0 Å². The number of aromatic nitrogens is 1. The van der Waals surface area contributed by atoms with Crippen molar-refractivity contribution < 1.29 is 0 Å². The monoisotopic (exact) mass is 253 g/mol. The number of para-hydroxylation sites is 1. The number of pyridine rings is 1. The molecule has 16 heavy (non-hydrogen) atoms. The van der Waals surface area contributed by atoms with Gasteiger partial charge in [-0.05, 0) is 18.2 Å². The topological polar surface area (TPSA) is 50.9 Å². The van der Waals surface area contributed by atoms with Crippen LogP contribution in [0.5, 0.6) is 0 Å². The van der Waals surface area contributed by atoms with Crippen LogP contribution < -0.4 is 11.1 Å². The number of anilines is 3. The summed E-state index contributed by atoms with van der Waals surface area (Å²) < 4.78 is 0. The molecule has 1 heterocycles. The summed E-state index contributed by atoms with van der Waals surface area (Å²) in [6, 6.07) is 11.1. The van der Waals surface area contributed by atoms with Crippen molar-refractivity contribution in [1.29, 1.82) is 0 Å². The summed E-state index contributed by atoms with van der Waals surface area (Å²) >= 11 is 11.8. The fourth-order valence-electron chi connectivity index (χ4n) is 1.23. The van der Waals surface area contributed by atoms with Crippen molar-refractivity contribution >= 4 is 40.5 Å². The van der Waals surface area contributed by atoms with Gasteiger partial charge in [0.15, 0.2) is 5.82 Å². The quantitative estimate of drug-likeness (QED) is 0.858. The summed E-state index contributed by atoms with van der Waals surface area (Å²) in [5, 5.41) is 3.84. The van der Waals surface area contributed by atoms with E-state index in [-0.39, 0.29) is 5.82 Å². The lowest BCUT2D eigenvalue weighted by atomic mass is 10.3. The molecular weight excluding hydrogens is 245 g/mol. The molecule has 0 atom stereocenters. The number of rotatable bonds is 2. The molecule has 0 aliphatic rings. The number of nitrogens with two attached hydrogens (primary N) is 1. The van der Waals surface area contributed by atoms with E-state index in [1.54, 1.807) is 6.07 Å². The van der Waals surface area contributed by atoms with Gasteiger partial charge in [-0.2, -0.15) is 0 Å². The molecule has 82 valence electrons. The van der Waals surface area contributed by atoms with E-state index in [4.69, 9.17) is 28.9 Å². The largest absolute Gasteiger partial charge is 0.382 e. The summed E-state index contributed by atoms with van der Waals surface area (Å²) in [5.74, 6) is 0.749. The average Bonchev–Trinajstić information content (AvgIpc) is 2.27. The molecule has 0 amide bonds. The molecule has 0 spiro atoms. The third-order valence-electron chi connectivity index (χ3n) is 1.99. The third kappa shape index (κ3) is 2.38. The van der Waals surface area contributed by atoms with Crippen LogP contribution in [-0.4, -0.2) is 4.98 Å². The predicted molar refractivity (Wildman–Crippen MR) is 68.4 cm³/mol. The van der Waals surface area contributed by atoms with Gasteiger partial charge in [0.25, 0.3) is 0 Å². The SMILES string of the molecule is Nc1nc(Nc2ccccc2)c(Cl)cc1Cl. The van der Waals surface area contributed by atoms with Gasteiger partial charge in [-0.1, -0.05) is 41.4 Å². The fraction of sp³-hybridized carbons (Fsp3) is 0. The Balaban J connectivity index is 2.32. The number of nitrogen functional groups attached to an aromatic ring is 1. The highest BCUT2D eigenvalue weighted by molar-refractivity contribution is 6.37. The lowest BCUT2D eigenvalue weighted by Crippen LogP contribution is -1.98. The molecule has 0 saturated carbocycles. The summed E-state index contributed by atoms with van der Waals surface area (Å²) in [6.45, 7) is 0. The minimum Gasteiger partial charge on any atom is -0.382 e. The molecule has 0 saturated heterocycles. The van der Waals surface area contributed by atoms with E-state index in [2.05, 4.69) is 10.3 Å². The highest BCUT2D eigenvalue weighted by Gasteiger charge is 2.06. The highest BCUT2D eigenvalue weighted by atomic mass is 35.5. The summed E-state index contributed by atoms with van der Waals surface area (Å²) in [7, 11) is 0. The smallest absolute Gasteiger partial charge is 0.151 e. The van der Waals surface area contributed by atoms with Gasteiger partial charge in [-0.15, -0.1) is 0 Å². The lowest BCUT2D eigenvalue weighted by Gasteiger charge is -2.08. The van der Waals surface area contributed by atoms with Crippen molar-refractivity contribution in [3.63, 3.8) is 0 Å². The van der Waals surface area contributed by atoms with Gasteiger partial charge < -0.3 is 11.1 Å². The first-order chi connectivity index (χ1) is 7.66. The summed E-state index contributed by atoms with van der Waals surface area (Å²) in [5.41, 5.74) is 6.49. The van der Waals surface area contributed by atoms with Crippen molar-refractivity contribution in [2.24, 2.45) is 0 Å². The van der Waals surface area contributed by atoms with Gasteiger partial charge in [0, 0.05) is 5.69 Å². The Morgan fingerprint density at radius 2 is 1.75 bits per heavy atom. The van der Waals surface area contributed by atoms with Crippen LogP contribution in [0.4, 0.5) is 17.3 Å². The summed E-state index contributed by atoms with van der Waals surface area (Å²) in [6.07, 6.45) is 0. The summed E-state index contributed by atoms with van der Waals surface area (Å²) in [4.78, 5) is 4.07. The zero-order chi connectivity index (χ0) is 11.5. The zero-order valence-electron chi connectivity index (χ0n) is 8.24. The molecule has 0 radical (unpaired) electrons. The second-order valence-electron chi connectivity index (χ2n) is 3.18. The second kappa shape index (κ2) is 4.60. The molecule has 0 aliphatic carbocycles. The molecule has 2 aromatic rings. The van der Waals surface area contributed by atoms with Crippen molar-refractivity contribution in [3.05, 3.63) is 46.4 Å². The Hall–Kier alpha value is -1.45. The van der Waals surface area contributed by atoms with E-state index in [1.165, 1.54) is 0 Å². The molecular formula is C11H9Cl2N3. The number of halogens is 2. The van der Waals surface area contributed by atoms with Crippen LogP contribution in [0.1, 0.15) is 0 Å². The third-order valence-corrected chi connectivity index (χ3v) is 2.58. The number of nitrogens with one attached hydrogen (secondary N) is 1. The van der Waals surface area contributed by atoms with Crippen molar-refractivity contribution in [1.82, 2.24) is 4.98 Å². The highest BCUT2D eigenvalue weighted by Crippen LogP contribution is 2.29. The second-order valence-corrected chi connectivity index (χ2v) is 3.99. The minimum atomic E-state index is 0.254. The van der Waals surface area contributed by atoms with Crippen molar-refractivity contribution in [2.75, 3.05) is 11.1 Å². The Kier molecular flexibility index (Phi) is 3.17. The van der Waals surface area contributed by atoms with Crippen LogP contribution >= 0.6 is 23.2 Å². The number of hydrogen-bond donors (Lipinski definition) is 2. The molecule has 5 heteroatoms. The average molecular weight is 254 g/mol. The number of nitrogens with zero attached hydrogens (tertiary/aromatic N) is 1. The van der Waals surface area contributed by atoms with Crippen LogP contribution in [0.15, 0.2) is 36.4 Å². The molecule has 2 rings (SSSR count). The van der Waals surface area contributed by atoms with Gasteiger partial charge in [0.1, 0.15) is 5.82 Å². The van der Waals surface area contributed by atoms with Gasteiger partial charge in [0.2, 0.25) is 0 Å². The molecule has 1 aromatic heterocycles. The van der Waals surface area contributed by atoms with Gasteiger partial charge in [0.05, 0.1) is 10.0 Å². The van der Waals surface area contributed by atoms with E-state index >= 15 is 0 Å². The Bertz CT molecular complexity index is 500. The number of benzene rings is 1. The van der Waals surface area contributed by atoms with E-state index in [9.17, 15) is 0 Å². The first kappa shape index (κ1) is 11.0. The first-order valence-electron chi connectivity index (χ1n) is 4.60. The van der Waals surface area contributed by atoms with Gasteiger partial charge >= 0.3 is 0 Å². The van der Waals surface area contributed by atoms with Crippen LogP contribution in [0.3, 0.4) is 0 Å². The standard InChI is InChI=1S/C11H9Cl2N3/c12-8-6-9(13)11(16-10(8)14)15-7-4-2-1-3-5-7/h1-6H,(H3,14,15,16). The van der Waals surface area contributed by atoms with E-state index in [1.807, 2.05) is 30.3 Å². The predicted octanol–water partition coefficient (Wildman–Crippen LogP) is 3.71. The molecule has 0 unspecified atom stereocenters. The molecule has 3 N–H and O–H groups in total. The minimum absolute atomic E-state index is 0.254. The fourth-order valence-corrected chi connectivity index (χ4v) is 1.63. The Labute approximate surface area is 103 Å². The van der Waals surface area contributed by atoms with E-state index < -0.39 is 0 Å². The normalized spacial score (nSPS) is 10.1. The number of hydrogen-bond acceptors (Lipinski definition) is 3. The van der Waals surface area contributed by atoms with Crippen LogP contribution in [0, 0.1) is 0 Å². The first-order valence-corrected chi connectivity index (χ1v) is 5.36. The molecule has 3 nitrogen and oxygen atoms in total. The maximum absolute atomic E-state index is 5.99. The Morgan fingerprint density at radius 1 is 1.06 bits per heavy atom. The zero-order valence-corrected chi connectivity index (χ0v) is 9.76. The molecule has 0 fully saturated rings. The van der Waals surface area contributed by atoms with Gasteiger partial charge in [-0.3, -0.25) is 0 Å². The Morgan fingerprint density at radius 3 is 2.44 bits per heavy atom. The van der Waals surface area contributed by atoms with Crippen molar-refractivity contribution in [3.8, 4) is 0 Å². The molecule has 1 aromatic carbocycles. The van der Waals surface area contributed by atoms with Crippen molar-refractivity contribution in [2.45, 2.75) is 0 Å². The van der Waals surface area contributed by atoms with Crippen LogP contribution in [-0.2, 0) is 0 Å². The van der Waals surface area contributed by atoms with Crippen LogP contribution in [0.2, 0.25) is 10.0 Å². The lowest BCUT2D eigenvalue weighted by molar-refractivity contribution is 1.31. The maximum atomic E-state index is 5.99.